The van der Waals surface area contributed by atoms with Crippen molar-refractivity contribution in [1.82, 2.24) is 19.9 Å². The van der Waals surface area contributed by atoms with Gasteiger partial charge in [0.15, 0.2) is 0 Å². The van der Waals surface area contributed by atoms with E-state index in [9.17, 15) is 1.37 Å². The molecule has 0 saturated carbocycles. The molecule has 0 atom stereocenters. The predicted molar refractivity (Wildman–Crippen MR) is 189 cm³/mol. The fourth-order valence-corrected chi connectivity index (χ4v) is 4.59. The van der Waals surface area contributed by atoms with Crippen LogP contribution in [-0.4, -0.2) is 19.9 Å². The normalized spacial score (nSPS) is 19.4. The van der Waals surface area contributed by atoms with Gasteiger partial charge in [-0.15, -0.1) is 0 Å². The molecule has 0 unspecified atom stereocenters. The van der Waals surface area contributed by atoms with Gasteiger partial charge in [-0.05, 0) is 30.2 Å². The Bertz CT molecular complexity index is 3750. The van der Waals surface area contributed by atoms with Crippen molar-refractivity contribution in [2.24, 2.45) is 0 Å². The van der Waals surface area contributed by atoms with Crippen LogP contribution in [0.25, 0.3) is 88.6 Å². The average Bonchev–Trinajstić information content (AvgIpc) is 3.34. The van der Waals surface area contributed by atoms with Crippen LogP contribution in [0.1, 0.15) is 35.6 Å². The first-order valence-corrected chi connectivity index (χ1v) is 13.3. The Morgan fingerprint density at radius 3 is 0.913 bits per heavy atom. The maximum absolute atomic E-state index is 9.50. The van der Waals surface area contributed by atoms with Crippen molar-refractivity contribution in [3.8, 4) is 45.0 Å². The second kappa shape index (κ2) is 10.7. The second-order valence-electron chi connectivity index (χ2n) is 9.49. The molecule has 0 N–H and O–H groups in total. The summed E-state index contributed by atoms with van der Waals surface area (Å²) in [7, 11) is 0. The summed E-state index contributed by atoms with van der Waals surface area (Å²) >= 11 is 0. The van der Waals surface area contributed by atoms with E-state index in [2.05, 4.69) is 19.9 Å². The summed E-state index contributed by atoms with van der Waals surface area (Å²) in [5.41, 5.74) is -7.87. The lowest BCUT2D eigenvalue weighted by atomic mass is 10.0. The Labute approximate surface area is 302 Å². The van der Waals surface area contributed by atoms with Crippen molar-refractivity contribution in [3.63, 3.8) is 0 Å². The van der Waals surface area contributed by atoms with Gasteiger partial charge in [0.1, 0.15) is 0 Å². The smallest absolute Gasteiger partial charge is 0.0972 e. The van der Waals surface area contributed by atoms with Gasteiger partial charge in [-0.3, -0.25) is 0 Å². The number of pyridine rings is 4. The summed E-state index contributed by atoms with van der Waals surface area (Å²) in [6.07, 6.45) is 0. The van der Waals surface area contributed by atoms with Crippen LogP contribution in [0.2, 0.25) is 0 Å². The minimum Gasteiger partial charge on any atom is -0.245 e. The molecule has 0 aliphatic heterocycles. The van der Waals surface area contributed by atoms with Crippen LogP contribution in [0.4, 0.5) is 0 Å². The van der Waals surface area contributed by atoms with Gasteiger partial charge in [-0.2, -0.15) is 0 Å². The van der Waals surface area contributed by atoms with Crippen molar-refractivity contribution >= 4 is 43.6 Å². The molecule has 5 aromatic carbocycles. The highest BCUT2D eigenvalue weighted by Gasteiger charge is 2.12. The van der Waals surface area contributed by atoms with Crippen molar-refractivity contribution in [1.29, 1.82) is 0 Å². The largest absolute Gasteiger partial charge is 0.245 e. The molecular weight excluding hydrogens is 560 g/mol. The zero-order chi connectivity index (χ0) is 53.1. The standard InChI is InChI=1S/C42H26N4/c1-3-8-27(9-4-1)35-22-18-29-14-16-31-20-24-37(45-41(31)39(29)43-35)33-12-7-13-34(26-33)38-25-21-32-17-15-30-19-23-36(28-10-5-2-6-11-28)44-40(30)42(32)46-38/h1-26H/i1D,2D,3D,4D,5D,6D,7D,8D,9D,10D,11D,12D,13D,14D,15D,16D,17D,18D,19D,20D,21D,22D,23D,24D,25D,26D. The number of aromatic nitrogens is 4. The van der Waals surface area contributed by atoms with E-state index in [1.54, 1.807) is 0 Å². The van der Waals surface area contributed by atoms with Gasteiger partial charge < -0.3 is 0 Å². The molecule has 214 valence electrons. The molecule has 9 aromatic rings. The Kier molecular flexibility index (Phi) is 2.56. The third-order valence-electron chi connectivity index (χ3n) is 6.71. The molecule has 0 radical (unpaired) electrons. The maximum Gasteiger partial charge on any atom is 0.0972 e. The molecule has 0 amide bonds. The van der Waals surface area contributed by atoms with Gasteiger partial charge >= 0.3 is 0 Å². The van der Waals surface area contributed by atoms with E-state index in [1.165, 1.54) is 0 Å². The highest BCUT2D eigenvalue weighted by molar-refractivity contribution is 6.05. The Morgan fingerprint density at radius 2 is 0.565 bits per heavy atom. The van der Waals surface area contributed by atoms with E-state index in [0.29, 0.717) is 0 Å². The molecule has 0 aliphatic carbocycles. The van der Waals surface area contributed by atoms with Gasteiger partial charge in [-0.1, -0.05) is 127 Å². The molecule has 0 aliphatic rings. The first kappa shape index (κ1) is 11.0. The average molecular weight is 613 g/mol. The van der Waals surface area contributed by atoms with Crippen LogP contribution < -0.4 is 0 Å². The van der Waals surface area contributed by atoms with Gasteiger partial charge in [-0.25, -0.2) is 19.9 Å². The quantitative estimate of drug-likeness (QED) is 0.186. The summed E-state index contributed by atoms with van der Waals surface area (Å²) in [6, 6.07) is -21.9. The summed E-state index contributed by atoms with van der Waals surface area (Å²) in [5.74, 6) is 0. The van der Waals surface area contributed by atoms with Crippen molar-refractivity contribution in [2.75, 3.05) is 0 Å². The first-order valence-electron chi connectivity index (χ1n) is 26.3. The molecule has 4 heteroatoms. The fraction of sp³-hybridized carbons (Fsp3) is 0. The van der Waals surface area contributed by atoms with Crippen LogP contribution in [-0.2, 0) is 0 Å². The summed E-state index contributed by atoms with van der Waals surface area (Å²) in [6.45, 7) is 0. The van der Waals surface area contributed by atoms with Crippen molar-refractivity contribution in [2.45, 2.75) is 0 Å². The van der Waals surface area contributed by atoms with E-state index < -0.39 is 246 Å². The molecule has 4 aromatic heterocycles. The molecule has 4 heterocycles. The van der Waals surface area contributed by atoms with Crippen LogP contribution >= 0.6 is 0 Å². The number of rotatable bonds is 4. The number of benzene rings is 5. The minimum absolute atomic E-state index is 0.527. The third kappa shape index (κ3) is 4.56. The molecular formula is C42H26N4. The van der Waals surface area contributed by atoms with Crippen LogP contribution in [0.15, 0.2) is 157 Å². The SMILES string of the molecule is [2H]c1c([2H])c([2H])c(-c2nc3c(c([2H])c2[2H])c([2H])c([2H])c2c([2H])c([2H])c(-c4c([2H])c([2H])c([2H])c(-c5nc6c(c([2H])c5[2H])c([2H])c([2H])c5c([2H])c([2H])c(-c7c([2H])c([2H])c([2H])c([2H])c7[2H])nc56)c4[2H])nc23)c([2H])c1[2H]. The second-order valence-corrected chi connectivity index (χ2v) is 9.49. The number of nitrogens with zero attached hydrogens (tertiary/aromatic N) is 4. The number of hydrogen-bond acceptors (Lipinski definition) is 4. The fourth-order valence-electron chi connectivity index (χ4n) is 4.59. The lowest BCUT2D eigenvalue weighted by molar-refractivity contribution is 1.35. The molecule has 4 nitrogen and oxygen atoms in total. The number of fused-ring (bicyclic) bond motifs is 6. The Hall–Kier alpha value is -6.26. The van der Waals surface area contributed by atoms with E-state index in [-0.39, 0.29) is 0 Å². The zero-order valence-corrected chi connectivity index (χ0v) is 22.8. The lowest BCUT2D eigenvalue weighted by Crippen LogP contribution is -1.92. The van der Waals surface area contributed by atoms with Gasteiger partial charge in [0.25, 0.3) is 0 Å². The molecule has 0 fully saturated rings. The summed E-state index contributed by atoms with van der Waals surface area (Å²) in [4.78, 5) is 17.6. The molecule has 0 spiro atoms. The van der Waals surface area contributed by atoms with Gasteiger partial charge in [0.2, 0.25) is 0 Å². The van der Waals surface area contributed by atoms with E-state index in [4.69, 9.17) is 34.3 Å². The van der Waals surface area contributed by atoms with E-state index in [0.717, 1.165) is 0 Å². The monoisotopic (exact) mass is 612 g/mol. The topological polar surface area (TPSA) is 51.6 Å². The summed E-state index contributed by atoms with van der Waals surface area (Å²) < 4.78 is 226. The van der Waals surface area contributed by atoms with Crippen molar-refractivity contribution < 1.29 is 35.6 Å². The Balaban J connectivity index is 1.39. The Morgan fingerprint density at radius 1 is 0.283 bits per heavy atom. The van der Waals surface area contributed by atoms with Gasteiger partial charge in [0, 0.05) is 43.8 Å². The van der Waals surface area contributed by atoms with E-state index >= 15 is 0 Å². The predicted octanol–water partition coefficient (Wildman–Crippen LogP) is 10.5. The van der Waals surface area contributed by atoms with Crippen LogP contribution in [0, 0.1) is 0 Å². The van der Waals surface area contributed by atoms with Crippen LogP contribution in [0.5, 0.6) is 0 Å². The van der Waals surface area contributed by atoms with Gasteiger partial charge in [0.05, 0.1) is 80.5 Å². The maximum atomic E-state index is 9.50. The summed E-state index contributed by atoms with van der Waals surface area (Å²) in [5, 5.41) is -2.15. The third-order valence-corrected chi connectivity index (χ3v) is 6.71. The van der Waals surface area contributed by atoms with Crippen LogP contribution in [0.3, 0.4) is 0 Å². The minimum atomic E-state index is -0.987. The lowest BCUT2D eigenvalue weighted by Gasteiger charge is -2.10. The van der Waals surface area contributed by atoms with Crippen molar-refractivity contribution in [3.05, 3.63) is 157 Å². The zero-order valence-electron chi connectivity index (χ0n) is 48.8. The highest BCUT2D eigenvalue weighted by Crippen LogP contribution is 2.32. The molecule has 0 bridgehead atoms. The number of hydrogen-bond donors (Lipinski definition) is 0. The molecule has 0 saturated heterocycles. The molecule has 46 heavy (non-hydrogen) atoms. The molecule has 9 rings (SSSR count). The van der Waals surface area contributed by atoms with E-state index in [1.807, 2.05) is 0 Å². The highest BCUT2D eigenvalue weighted by atomic mass is 14.8. The first-order chi connectivity index (χ1) is 33.6.